The number of allylic oxidation sites excluding steroid dienone is 1. The fraction of sp³-hybridized carbons (Fsp3) is 0.471. The Balaban J connectivity index is 1.86. The summed E-state index contributed by atoms with van der Waals surface area (Å²) in [6.45, 7) is 3.85. The quantitative estimate of drug-likeness (QED) is 0.903. The molecule has 3 atom stereocenters. The van der Waals surface area contributed by atoms with Gasteiger partial charge >= 0.3 is 0 Å². The van der Waals surface area contributed by atoms with E-state index in [9.17, 15) is 9.59 Å². The molecular weight excluding hydrogens is 264 g/mol. The maximum atomic E-state index is 11.9. The van der Waals surface area contributed by atoms with E-state index in [0.29, 0.717) is 24.6 Å². The second-order valence-electron chi connectivity index (χ2n) is 5.77. The number of carbonyl (C=O) groups is 2. The predicted molar refractivity (Wildman–Crippen MR) is 82.1 cm³/mol. The van der Waals surface area contributed by atoms with Crippen LogP contribution in [0.25, 0.3) is 6.08 Å². The molecule has 2 aliphatic carbocycles. The number of fused-ring (bicyclic) bond motifs is 3. The SMILES string of the molecule is CCC(=O)C(CC)Nc1ccc2c(n1)C1C(=O)CC1C=C2. The van der Waals surface area contributed by atoms with Crippen LogP contribution in [0.5, 0.6) is 0 Å². The van der Waals surface area contributed by atoms with Gasteiger partial charge in [-0.25, -0.2) is 4.98 Å². The van der Waals surface area contributed by atoms with Gasteiger partial charge in [0.2, 0.25) is 0 Å². The number of hydrogen-bond acceptors (Lipinski definition) is 4. The maximum Gasteiger partial charge on any atom is 0.154 e. The first-order chi connectivity index (χ1) is 10.1. The van der Waals surface area contributed by atoms with Crippen LogP contribution in [0.4, 0.5) is 5.82 Å². The third-order valence-electron chi connectivity index (χ3n) is 4.45. The molecule has 1 aromatic rings. The molecule has 0 radical (unpaired) electrons. The molecule has 4 nitrogen and oxygen atoms in total. The van der Waals surface area contributed by atoms with E-state index in [-0.39, 0.29) is 23.5 Å². The molecule has 21 heavy (non-hydrogen) atoms. The average molecular weight is 284 g/mol. The van der Waals surface area contributed by atoms with E-state index in [2.05, 4.69) is 16.4 Å². The van der Waals surface area contributed by atoms with Gasteiger partial charge in [-0.15, -0.1) is 0 Å². The number of Topliss-reactive ketones (excluding diaryl/α,β-unsaturated/α-hetero) is 2. The number of rotatable bonds is 5. The molecule has 4 heteroatoms. The van der Waals surface area contributed by atoms with Crippen molar-refractivity contribution in [3.8, 4) is 0 Å². The van der Waals surface area contributed by atoms with Crippen LogP contribution in [-0.2, 0) is 9.59 Å². The molecule has 2 aliphatic rings. The first-order valence-corrected chi connectivity index (χ1v) is 7.65. The van der Waals surface area contributed by atoms with Crippen molar-refractivity contribution in [2.75, 3.05) is 5.32 Å². The van der Waals surface area contributed by atoms with Gasteiger partial charge in [0.1, 0.15) is 11.6 Å². The van der Waals surface area contributed by atoms with E-state index in [1.54, 1.807) is 0 Å². The topological polar surface area (TPSA) is 59.1 Å². The lowest BCUT2D eigenvalue weighted by Gasteiger charge is -2.36. The molecule has 1 N–H and O–H groups in total. The summed E-state index contributed by atoms with van der Waals surface area (Å²) in [4.78, 5) is 28.3. The Labute approximate surface area is 124 Å². The molecule has 0 amide bonds. The van der Waals surface area contributed by atoms with Crippen LogP contribution < -0.4 is 5.32 Å². The number of aromatic nitrogens is 1. The Morgan fingerprint density at radius 2 is 2.24 bits per heavy atom. The van der Waals surface area contributed by atoms with Crippen LogP contribution in [0.2, 0.25) is 0 Å². The first kappa shape index (κ1) is 14.0. The number of pyridine rings is 1. The number of nitrogens with one attached hydrogen (secondary N) is 1. The zero-order valence-corrected chi connectivity index (χ0v) is 12.4. The third kappa shape index (κ3) is 2.39. The van der Waals surface area contributed by atoms with E-state index in [4.69, 9.17) is 0 Å². The lowest BCUT2D eigenvalue weighted by molar-refractivity contribution is -0.128. The summed E-state index contributed by atoms with van der Waals surface area (Å²) >= 11 is 0. The van der Waals surface area contributed by atoms with Crippen LogP contribution in [0, 0.1) is 5.92 Å². The van der Waals surface area contributed by atoms with Gasteiger partial charge in [0.15, 0.2) is 5.78 Å². The summed E-state index contributed by atoms with van der Waals surface area (Å²) in [6, 6.07) is 3.66. The standard InChI is InChI=1S/C17H20N2O2/c1-3-12(13(20)4-2)18-15-8-7-10-5-6-11-9-14(21)16(11)17(10)19-15/h5-8,11-12,16H,3-4,9H2,1-2H3,(H,18,19). The van der Waals surface area contributed by atoms with Crippen LogP contribution in [0.3, 0.4) is 0 Å². The van der Waals surface area contributed by atoms with Gasteiger partial charge in [-0.2, -0.15) is 0 Å². The summed E-state index contributed by atoms with van der Waals surface area (Å²) in [5, 5.41) is 3.21. The molecule has 0 aliphatic heterocycles. The highest BCUT2D eigenvalue weighted by atomic mass is 16.1. The highest BCUT2D eigenvalue weighted by molar-refractivity contribution is 5.95. The molecule has 0 bridgehead atoms. The zero-order valence-electron chi connectivity index (χ0n) is 12.4. The van der Waals surface area contributed by atoms with Crippen molar-refractivity contribution in [2.45, 2.75) is 45.1 Å². The van der Waals surface area contributed by atoms with Crippen LogP contribution >= 0.6 is 0 Å². The van der Waals surface area contributed by atoms with Crippen LogP contribution in [-0.4, -0.2) is 22.6 Å². The Morgan fingerprint density at radius 1 is 1.43 bits per heavy atom. The van der Waals surface area contributed by atoms with Gasteiger partial charge < -0.3 is 5.32 Å². The largest absolute Gasteiger partial charge is 0.360 e. The molecule has 1 saturated carbocycles. The molecule has 0 spiro atoms. The number of hydrogen-bond donors (Lipinski definition) is 1. The maximum absolute atomic E-state index is 11.9. The number of anilines is 1. The predicted octanol–water partition coefficient (Wildman–Crippen LogP) is 2.95. The van der Waals surface area contributed by atoms with Crippen molar-refractivity contribution >= 4 is 23.5 Å². The fourth-order valence-corrected chi connectivity index (χ4v) is 3.11. The molecule has 3 rings (SSSR count). The van der Waals surface area contributed by atoms with Gasteiger partial charge in [0.05, 0.1) is 17.7 Å². The van der Waals surface area contributed by atoms with Gasteiger partial charge in [-0.05, 0) is 30.0 Å². The number of carbonyl (C=O) groups excluding carboxylic acids is 2. The number of ketones is 2. The van der Waals surface area contributed by atoms with Gasteiger partial charge in [0.25, 0.3) is 0 Å². The molecule has 1 fully saturated rings. The fourth-order valence-electron chi connectivity index (χ4n) is 3.11. The second-order valence-corrected chi connectivity index (χ2v) is 5.77. The van der Waals surface area contributed by atoms with Gasteiger partial charge in [-0.1, -0.05) is 26.0 Å². The van der Waals surface area contributed by atoms with Crippen molar-refractivity contribution in [1.82, 2.24) is 4.98 Å². The van der Waals surface area contributed by atoms with Crippen molar-refractivity contribution in [3.05, 3.63) is 29.5 Å². The van der Waals surface area contributed by atoms with Gasteiger partial charge in [-0.3, -0.25) is 9.59 Å². The van der Waals surface area contributed by atoms with Crippen molar-refractivity contribution in [1.29, 1.82) is 0 Å². The Hall–Kier alpha value is -1.97. The van der Waals surface area contributed by atoms with E-state index < -0.39 is 0 Å². The minimum Gasteiger partial charge on any atom is -0.360 e. The third-order valence-corrected chi connectivity index (χ3v) is 4.45. The minimum absolute atomic E-state index is 0.0753. The summed E-state index contributed by atoms with van der Waals surface area (Å²) in [7, 11) is 0. The van der Waals surface area contributed by atoms with Crippen molar-refractivity contribution in [2.24, 2.45) is 5.92 Å². The van der Waals surface area contributed by atoms with Crippen molar-refractivity contribution < 1.29 is 9.59 Å². The molecule has 1 heterocycles. The summed E-state index contributed by atoms with van der Waals surface area (Å²) in [5.74, 6) is 1.39. The molecule has 1 aromatic heterocycles. The molecule has 0 saturated heterocycles. The molecule has 110 valence electrons. The second kappa shape index (κ2) is 5.43. The first-order valence-electron chi connectivity index (χ1n) is 7.65. The normalized spacial score (nSPS) is 23.8. The Bertz CT molecular complexity index is 621. The highest BCUT2D eigenvalue weighted by Crippen LogP contribution is 2.44. The summed E-state index contributed by atoms with van der Waals surface area (Å²) in [6.07, 6.45) is 6.04. The van der Waals surface area contributed by atoms with Crippen molar-refractivity contribution in [3.63, 3.8) is 0 Å². The minimum atomic E-state index is -0.201. The van der Waals surface area contributed by atoms with E-state index in [1.807, 2.05) is 32.1 Å². The van der Waals surface area contributed by atoms with Gasteiger partial charge in [0, 0.05) is 12.8 Å². The van der Waals surface area contributed by atoms with E-state index >= 15 is 0 Å². The molecule has 3 unspecified atom stereocenters. The zero-order chi connectivity index (χ0) is 15.0. The Kier molecular flexibility index (Phi) is 3.62. The average Bonchev–Trinajstić information content (AvgIpc) is 2.49. The summed E-state index contributed by atoms with van der Waals surface area (Å²) < 4.78 is 0. The smallest absolute Gasteiger partial charge is 0.154 e. The highest BCUT2D eigenvalue weighted by Gasteiger charge is 2.42. The van der Waals surface area contributed by atoms with Crippen LogP contribution in [0.15, 0.2) is 18.2 Å². The molecule has 0 aromatic carbocycles. The summed E-state index contributed by atoms with van der Waals surface area (Å²) in [5.41, 5.74) is 1.88. The van der Waals surface area contributed by atoms with Crippen LogP contribution in [0.1, 0.15) is 50.3 Å². The lowest BCUT2D eigenvalue weighted by Crippen LogP contribution is -2.36. The monoisotopic (exact) mass is 284 g/mol. The Morgan fingerprint density at radius 3 is 2.90 bits per heavy atom. The van der Waals surface area contributed by atoms with E-state index in [1.165, 1.54) is 0 Å². The molecular formula is C17H20N2O2. The van der Waals surface area contributed by atoms with E-state index in [0.717, 1.165) is 17.7 Å². The number of nitrogens with zero attached hydrogens (tertiary/aromatic N) is 1. The lowest BCUT2D eigenvalue weighted by atomic mass is 9.67.